The topological polar surface area (TPSA) is 50.9 Å². The molecule has 3 N–H and O–H groups in total. The average molecular weight is 291 g/mol. The van der Waals surface area contributed by atoms with Crippen LogP contribution < -0.4 is 10.5 Å². The van der Waals surface area contributed by atoms with Gasteiger partial charge in [-0.05, 0) is 75.6 Å². The van der Waals surface area contributed by atoms with Gasteiger partial charge in [0.15, 0.2) is 0 Å². The Morgan fingerprint density at radius 3 is 2.90 bits per heavy atom. The van der Waals surface area contributed by atoms with Gasteiger partial charge in [0.1, 0.15) is 0 Å². The third-order valence-corrected chi connectivity index (χ3v) is 5.98. The highest BCUT2D eigenvalue weighted by Gasteiger charge is 2.48. The van der Waals surface area contributed by atoms with Crippen molar-refractivity contribution in [2.45, 2.75) is 50.2 Å². The van der Waals surface area contributed by atoms with Crippen molar-refractivity contribution in [3.05, 3.63) is 29.6 Å². The molecule has 1 aromatic rings. The summed E-state index contributed by atoms with van der Waals surface area (Å²) in [7, 11) is 0. The van der Waals surface area contributed by atoms with Crippen molar-refractivity contribution in [1.29, 1.82) is 0 Å². The van der Waals surface area contributed by atoms with E-state index in [1.165, 1.54) is 36.0 Å². The van der Waals surface area contributed by atoms with E-state index in [-0.39, 0.29) is 4.75 Å². The lowest BCUT2D eigenvalue weighted by molar-refractivity contribution is 0.158. The summed E-state index contributed by atoms with van der Waals surface area (Å²) < 4.78 is 0.125. The number of hydrogen-bond donors (Lipinski definition) is 2. The number of rotatable bonds is 3. The Bertz CT molecular complexity index is 480. The molecule has 1 atom stereocenters. The number of fused-ring (bicyclic) bond motifs is 1. The van der Waals surface area contributed by atoms with Crippen LogP contribution in [0.2, 0.25) is 0 Å². The Morgan fingerprint density at radius 1 is 1.45 bits per heavy atom. The van der Waals surface area contributed by atoms with Gasteiger partial charge < -0.3 is 5.32 Å². The van der Waals surface area contributed by atoms with E-state index >= 15 is 0 Å². The molecular weight excluding hydrogens is 266 g/mol. The molecule has 20 heavy (non-hydrogen) atoms. The Hall–Kier alpha value is -0.580. The van der Waals surface area contributed by atoms with Gasteiger partial charge in [-0.25, -0.2) is 0 Å². The van der Waals surface area contributed by atoms with Crippen molar-refractivity contribution >= 4 is 11.9 Å². The fourth-order valence-corrected chi connectivity index (χ4v) is 4.28. The largest absolute Gasteiger partial charge is 0.317 e. The lowest BCUT2D eigenvalue weighted by Crippen LogP contribution is -2.41. The number of nitrogens with one attached hydrogen (secondary N) is 1. The monoisotopic (exact) mass is 291 g/mol. The zero-order chi connectivity index (χ0) is 14.2. The van der Waals surface area contributed by atoms with E-state index in [1.807, 2.05) is 6.20 Å². The molecular formula is C16H25N3S. The molecule has 2 aliphatic rings. The minimum atomic E-state index is 0.125. The van der Waals surface area contributed by atoms with Crippen LogP contribution in [-0.2, 0) is 6.42 Å². The molecule has 0 saturated carbocycles. The summed E-state index contributed by atoms with van der Waals surface area (Å²) in [6, 6.07) is 4.38. The predicted molar refractivity (Wildman–Crippen MR) is 85.7 cm³/mol. The molecule has 1 spiro atoms. The number of pyridine rings is 1. The molecule has 110 valence electrons. The minimum Gasteiger partial charge on any atom is -0.317 e. The van der Waals surface area contributed by atoms with Crippen molar-refractivity contribution in [3.8, 4) is 0 Å². The third kappa shape index (κ3) is 2.49. The smallest absolute Gasteiger partial charge is 0.0444 e. The molecule has 3 rings (SSSR count). The maximum atomic E-state index is 5.91. The molecule has 0 bridgehead atoms. The maximum absolute atomic E-state index is 5.91. The van der Waals surface area contributed by atoms with Gasteiger partial charge in [0.05, 0.1) is 0 Å². The lowest BCUT2D eigenvalue weighted by atomic mass is 9.67. The van der Waals surface area contributed by atoms with E-state index in [4.69, 9.17) is 5.14 Å². The molecule has 1 aliphatic carbocycles. The highest BCUT2D eigenvalue weighted by molar-refractivity contribution is 7.98. The SMILES string of the molecule is CC(C)(C[C@@H]1c2cccnc2CC12CCNCC2)SN. The zero-order valence-corrected chi connectivity index (χ0v) is 13.3. The van der Waals surface area contributed by atoms with Crippen LogP contribution in [0.5, 0.6) is 0 Å². The van der Waals surface area contributed by atoms with Crippen LogP contribution in [0, 0.1) is 5.41 Å². The van der Waals surface area contributed by atoms with Gasteiger partial charge in [-0.1, -0.05) is 18.0 Å². The van der Waals surface area contributed by atoms with Gasteiger partial charge in [0, 0.05) is 16.6 Å². The van der Waals surface area contributed by atoms with Crippen LogP contribution >= 0.6 is 11.9 Å². The normalized spacial score (nSPS) is 24.9. The van der Waals surface area contributed by atoms with Crippen molar-refractivity contribution in [2.75, 3.05) is 13.1 Å². The fraction of sp³-hybridized carbons (Fsp3) is 0.688. The van der Waals surface area contributed by atoms with Crippen LogP contribution in [0.4, 0.5) is 0 Å². The summed E-state index contributed by atoms with van der Waals surface area (Å²) in [5.74, 6) is 0.611. The number of nitrogens with two attached hydrogens (primary N) is 1. The Balaban J connectivity index is 1.95. The van der Waals surface area contributed by atoms with Crippen LogP contribution in [-0.4, -0.2) is 22.8 Å². The molecule has 2 heterocycles. The Labute approximate surface area is 126 Å². The number of piperidine rings is 1. The second kappa shape index (κ2) is 5.32. The summed E-state index contributed by atoms with van der Waals surface area (Å²) in [5.41, 5.74) is 3.23. The number of hydrogen-bond acceptors (Lipinski definition) is 4. The summed E-state index contributed by atoms with van der Waals surface area (Å²) in [6.07, 6.45) is 6.77. The molecule has 3 nitrogen and oxygen atoms in total. The van der Waals surface area contributed by atoms with Crippen molar-refractivity contribution < 1.29 is 0 Å². The van der Waals surface area contributed by atoms with E-state index < -0.39 is 0 Å². The van der Waals surface area contributed by atoms with Crippen LogP contribution in [0.15, 0.2) is 18.3 Å². The van der Waals surface area contributed by atoms with Gasteiger partial charge in [-0.3, -0.25) is 10.1 Å². The first-order chi connectivity index (χ1) is 9.56. The van der Waals surface area contributed by atoms with E-state index in [1.54, 1.807) is 0 Å². The van der Waals surface area contributed by atoms with Gasteiger partial charge in [-0.2, -0.15) is 0 Å². The first-order valence-electron chi connectivity index (χ1n) is 7.59. The average Bonchev–Trinajstić information content (AvgIpc) is 2.73. The summed E-state index contributed by atoms with van der Waals surface area (Å²) in [5, 5.41) is 9.42. The van der Waals surface area contributed by atoms with Crippen molar-refractivity contribution in [1.82, 2.24) is 10.3 Å². The molecule has 0 unspecified atom stereocenters. The highest BCUT2D eigenvalue weighted by atomic mass is 32.2. The molecule has 1 aromatic heterocycles. The molecule has 1 saturated heterocycles. The lowest BCUT2D eigenvalue weighted by Gasteiger charge is -2.42. The van der Waals surface area contributed by atoms with Gasteiger partial charge in [0.2, 0.25) is 0 Å². The molecule has 0 aromatic carbocycles. The Kier molecular flexibility index (Phi) is 3.82. The molecule has 1 fully saturated rings. The molecule has 0 radical (unpaired) electrons. The molecule has 1 aliphatic heterocycles. The van der Waals surface area contributed by atoms with Gasteiger partial charge >= 0.3 is 0 Å². The van der Waals surface area contributed by atoms with Crippen molar-refractivity contribution in [2.24, 2.45) is 10.6 Å². The number of nitrogens with zero attached hydrogens (tertiary/aromatic N) is 1. The highest BCUT2D eigenvalue weighted by Crippen LogP contribution is 2.55. The molecule has 4 heteroatoms. The minimum absolute atomic E-state index is 0.125. The predicted octanol–water partition coefficient (Wildman–Crippen LogP) is 2.87. The number of aromatic nitrogens is 1. The first-order valence-corrected chi connectivity index (χ1v) is 8.47. The summed E-state index contributed by atoms with van der Waals surface area (Å²) >= 11 is 1.50. The van der Waals surface area contributed by atoms with Crippen LogP contribution in [0.25, 0.3) is 0 Å². The van der Waals surface area contributed by atoms with Crippen molar-refractivity contribution in [3.63, 3.8) is 0 Å². The first kappa shape index (κ1) is 14.4. The maximum Gasteiger partial charge on any atom is 0.0444 e. The zero-order valence-electron chi connectivity index (χ0n) is 12.5. The second-order valence-corrected chi connectivity index (χ2v) is 8.30. The van der Waals surface area contributed by atoms with Crippen LogP contribution in [0.3, 0.4) is 0 Å². The van der Waals surface area contributed by atoms with E-state index in [0.717, 1.165) is 25.9 Å². The van der Waals surface area contributed by atoms with E-state index in [2.05, 4.69) is 36.3 Å². The standard InChI is InChI=1S/C16H25N3S/c1-15(2,20-17)10-13-12-4-3-7-19-14(12)11-16(13)5-8-18-9-6-16/h3-4,7,13,18H,5-6,8-11,17H2,1-2H3/t13-/m1/s1. The summed E-state index contributed by atoms with van der Waals surface area (Å²) in [6.45, 7) is 6.81. The third-order valence-electron chi connectivity index (χ3n) is 5.17. The second-order valence-electron chi connectivity index (χ2n) is 6.96. The van der Waals surface area contributed by atoms with Gasteiger partial charge in [-0.15, -0.1) is 0 Å². The van der Waals surface area contributed by atoms with Crippen LogP contribution in [0.1, 0.15) is 50.3 Å². The Morgan fingerprint density at radius 2 is 2.20 bits per heavy atom. The summed E-state index contributed by atoms with van der Waals surface area (Å²) in [4.78, 5) is 4.66. The van der Waals surface area contributed by atoms with Gasteiger partial charge in [0.25, 0.3) is 0 Å². The quantitative estimate of drug-likeness (QED) is 0.841. The van der Waals surface area contributed by atoms with E-state index in [9.17, 15) is 0 Å². The molecule has 0 amide bonds. The fourth-order valence-electron chi connectivity index (χ4n) is 4.02. The van der Waals surface area contributed by atoms with E-state index in [0.29, 0.717) is 11.3 Å².